The van der Waals surface area contributed by atoms with Gasteiger partial charge in [-0.1, -0.05) is 30.7 Å². The number of para-hydroxylation sites is 1. The highest BCUT2D eigenvalue weighted by molar-refractivity contribution is 6.34. The Morgan fingerprint density at radius 2 is 2.22 bits per heavy atom. The molecule has 1 aromatic heterocycles. The van der Waals surface area contributed by atoms with Gasteiger partial charge in [-0.05, 0) is 38.6 Å². The fourth-order valence-corrected chi connectivity index (χ4v) is 2.15. The minimum absolute atomic E-state index is 0.559. The molecule has 18 heavy (non-hydrogen) atoms. The molecule has 4 heteroatoms. The maximum atomic E-state index is 10.4. The first-order valence-corrected chi connectivity index (χ1v) is 6.54. The van der Waals surface area contributed by atoms with E-state index in [2.05, 4.69) is 5.32 Å². The Hall–Kier alpha value is -1.03. The highest BCUT2D eigenvalue weighted by Crippen LogP contribution is 2.33. The topological polar surface area (TPSA) is 45.4 Å². The molecule has 0 radical (unpaired) electrons. The molecule has 2 aromatic rings. The molecule has 2 rings (SSSR count). The lowest BCUT2D eigenvalue weighted by Crippen LogP contribution is -2.27. The van der Waals surface area contributed by atoms with Gasteiger partial charge in [0.1, 0.15) is 11.4 Å². The van der Waals surface area contributed by atoms with Crippen molar-refractivity contribution in [3.63, 3.8) is 0 Å². The second-order valence-electron chi connectivity index (χ2n) is 4.65. The molecule has 0 saturated heterocycles. The van der Waals surface area contributed by atoms with E-state index in [-0.39, 0.29) is 0 Å². The summed E-state index contributed by atoms with van der Waals surface area (Å²) >= 11 is 6.06. The van der Waals surface area contributed by atoms with Gasteiger partial charge < -0.3 is 14.8 Å². The number of rotatable bonds is 5. The van der Waals surface area contributed by atoms with E-state index < -0.39 is 5.60 Å². The van der Waals surface area contributed by atoms with Gasteiger partial charge in [0.05, 0.1) is 5.02 Å². The lowest BCUT2D eigenvalue weighted by atomic mass is 9.99. The monoisotopic (exact) mass is 267 g/mol. The zero-order valence-corrected chi connectivity index (χ0v) is 11.4. The predicted molar refractivity (Wildman–Crippen MR) is 74.0 cm³/mol. The fourth-order valence-electron chi connectivity index (χ4n) is 1.92. The molecule has 0 spiro atoms. The van der Waals surface area contributed by atoms with Crippen LogP contribution in [-0.4, -0.2) is 18.2 Å². The van der Waals surface area contributed by atoms with E-state index in [1.54, 1.807) is 13.0 Å². The summed E-state index contributed by atoms with van der Waals surface area (Å²) in [7, 11) is 0. The zero-order valence-electron chi connectivity index (χ0n) is 10.7. The molecule has 0 bridgehead atoms. The van der Waals surface area contributed by atoms with Crippen LogP contribution in [0.15, 0.2) is 28.7 Å². The van der Waals surface area contributed by atoms with E-state index in [4.69, 9.17) is 16.0 Å². The van der Waals surface area contributed by atoms with E-state index in [1.165, 1.54) is 0 Å². The van der Waals surface area contributed by atoms with E-state index in [1.807, 2.05) is 25.1 Å². The molecular formula is C14H18ClNO2. The first kappa shape index (κ1) is 13.4. The number of hydrogen-bond acceptors (Lipinski definition) is 3. The van der Waals surface area contributed by atoms with Crippen molar-refractivity contribution in [1.82, 2.24) is 5.32 Å². The number of furan rings is 1. The van der Waals surface area contributed by atoms with Gasteiger partial charge in [-0.3, -0.25) is 0 Å². The van der Waals surface area contributed by atoms with Gasteiger partial charge in [-0.25, -0.2) is 0 Å². The van der Waals surface area contributed by atoms with Gasteiger partial charge in [0.15, 0.2) is 5.58 Å². The number of aliphatic hydroxyl groups is 1. The van der Waals surface area contributed by atoms with Crippen molar-refractivity contribution < 1.29 is 9.52 Å². The molecular weight excluding hydrogens is 250 g/mol. The Bertz CT molecular complexity index is 534. The van der Waals surface area contributed by atoms with Crippen molar-refractivity contribution >= 4 is 22.6 Å². The smallest absolute Gasteiger partial charge is 0.153 e. The van der Waals surface area contributed by atoms with Crippen LogP contribution in [0.1, 0.15) is 26.0 Å². The SMILES string of the molecule is CCNCCC(C)(O)c1cc2cccc(Cl)c2o1. The highest BCUT2D eigenvalue weighted by atomic mass is 35.5. The van der Waals surface area contributed by atoms with Crippen LogP contribution < -0.4 is 5.32 Å². The molecule has 3 nitrogen and oxygen atoms in total. The quantitative estimate of drug-likeness (QED) is 0.817. The standard InChI is InChI=1S/C14H18ClNO2/c1-3-16-8-7-14(2,17)12-9-10-5-4-6-11(15)13(10)18-12/h4-6,9,16-17H,3,7-8H2,1-2H3. The molecule has 98 valence electrons. The first-order valence-electron chi connectivity index (χ1n) is 6.16. The van der Waals surface area contributed by atoms with Crippen LogP contribution in [0.4, 0.5) is 0 Å². The zero-order chi connectivity index (χ0) is 13.2. The van der Waals surface area contributed by atoms with Crippen LogP contribution in [0.25, 0.3) is 11.0 Å². The minimum Gasteiger partial charge on any atom is -0.456 e. The molecule has 0 aliphatic rings. The largest absolute Gasteiger partial charge is 0.456 e. The third-order valence-corrected chi connectivity index (χ3v) is 3.36. The number of benzene rings is 1. The number of hydrogen-bond donors (Lipinski definition) is 2. The summed E-state index contributed by atoms with van der Waals surface area (Å²) in [5.74, 6) is 0.559. The average molecular weight is 268 g/mol. The molecule has 2 N–H and O–H groups in total. The van der Waals surface area contributed by atoms with Gasteiger partial charge in [0.2, 0.25) is 0 Å². The average Bonchev–Trinajstić information content (AvgIpc) is 2.75. The van der Waals surface area contributed by atoms with Crippen LogP contribution in [0.2, 0.25) is 5.02 Å². The summed E-state index contributed by atoms with van der Waals surface area (Å²) in [5, 5.41) is 15.1. The van der Waals surface area contributed by atoms with Crippen molar-refractivity contribution in [3.05, 3.63) is 35.0 Å². The van der Waals surface area contributed by atoms with E-state index >= 15 is 0 Å². The van der Waals surface area contributed by atoms with Crippen LogP contribution in [0.5, 0.6) is 0 Å². The van der Waals surface area contributed by atoms with Gasteiger partial charge >= 0.3 is 0 Å². The Labute approximate surface area is 112 Å². The summed E-state index contributed by atoms with van der Waals surface area (Å²) in [6.45, 7) is 5.43. The number of halogens is 1. The summed E-state index contributed by atoms with van der Waals surface area (Å²) in [5.41, 5.74) is -0.345. The Morgan fingerprint density at radius 3 is 2.89 bits per heavy atom. The Kier molecular flexibility index (Phi) is 3.95. The Morgan fingerprint density at radius 1 is 1.44 bits per heavy atom. The van der Waals surface area contributed by atoms with Crippen molar-refractivity contribution in [2.24, 2.45) is 0 Å². The minimum atomic E-state index is -0.982. The van der Waals surface area contributed by atoms with Crippen LogP contribution in [-0.2, 0) is 5.60 Å². The van der Waals surface area contributed by atoms with Gasteiger partial charge in [-0.15, -0.1) is 0 Å². The molecule has 1 atom stereocenters. The first-order chi connectivity index (χ1) is 8.54. The summed E-state index contributed by atoms with van der Waals surface area (Å²) in [6.07, 6.45) is 0.596. The lowest BCUT2D eigenvalue weighted by molar-refractivity contribution is 0.0273. The second kappa shape index (κ2) is 5.31. The van der Waals surface area contributed by atoms with Crippen LogP contribution >= 0.6 is 11.6 Å². The molecule has 0 aliphatic heterocycles. The Balaban J connectivity index is 2.27. The summed E-state index contributed by atoms with van der Waals surface area (Å²) in [4.78, 5) is 0. The van der Waals surface area contributed by atoms with Crippen molar-refractivity contribution in [1.29, 1.82) is 0 Å². The van der Waals surface area contributed by atoms with Gasteiger partial charge in [0.25, 0.3) is 0 Å². The van der Waals surface area contributed by atoms with E-state index in [0.29, 0.717) is 22.8 Å². The molecule has 0 saturated carbocycles. The van der Waals surface area contributed by atoms with Crippen LogP contribution in [0, 0.1) is 0 Å². The highest BCUT2D eigenvalue weighted by Gasteiger charge is 2.27. The molecule has 0 fully saturated rings. The maximum Gasteiger partial charge on any atom is 0.153 e. The number of nitrogens with one attached hydrogen (secondary N) is 1. The number of fused-ring (bicyclic) bond motifs is 1. The van der Waals surface area contributed by atoms with Crippen molar-refractivity contribution in [2.75, 3.05) is 13.1 Å². The maximum absolute atomic E-state index is 10.4. The fraction of sp³-hybridized carbons (Fsp3) is 0.429. The van der Waals surface area contributed by atoms with E-state index in [0.717, 1.165) is 18.5 Å². The molecule has 1 unspecified atom stereocenters. The third kappa shape index (κ3) is 2.69. The summed E-state index contributed by atoms with van der Waals surface area (Å²) < 4.78 is 5.68. The van der Waals surface area contributed by atoms with Gasteiger partial charge in [-0.2, -0.15) is 0 Å². The normalized spacial score (nSPS) is 14.9. The van der Waals surface area contributed by atoms with Gasteiger partial charge in [0, 0.05) is 5.39 Å². The molecule has 1 aromatic carbocycles. The summed E-state index contributed by atoms with van der Waals surface area (Å²) in [6, 6.07) is 7.43. The third-order valence-electron chi connectivity index (χ3n) is 3.07. The van der Waals surface area contributed by atoms with E-state index in [9.17, 15) is 5.11 Å². The van der Waals surface area contributed by atoms with Crippen molar-refractivity contribution in [2.45, 2.75) is 25.9 Å². The molecule has 0 aliphatic carbocycles. The second-order valence-corrected chi connectivity index (χ2v) is 5.05. The lowest BCUT2D eigenvalue weighted by Gasteiger charge is -2.20. The molecule has 1 heterocycles. The predicted octanol–water partition coefficient (Wildman–Crippen LogP) is 3.29. The van der Waals surface area contributed by atoms with Crippen molar-refractivity contribution in [3.8, 4) is 0 Å². The van der Waals surface area contributed by atoms with Crippen LogP contribution in [0.3, 0.4) is 0 Å². The molecule has 0 amide bonds.